The number of amides is 2. The zero-order valence-electron chi connectivity index (χ0n) is 22.7. The standard InChI is InChI=1S/C30H32N8O2/c1-20-24(18-36(2)34-20)29(30(40)32-22-11-4-3-5-12-22)38(23-16-21-10-6-7-13-25(21)31-17-23)28(39)19-37-27-15-9-8-14-26(27)33-35-37/h6-10,13-18,22,29H,3-5,11-12,19H2,1-2H3,(H,32,40)/t29-/m1/s1. The molecule has 0 bridgehead atoms. The number of carbonyl (C=O) groups excluding carboxylic acids is 2. The van der Waals surface area contributed by atoms with Crippen molar-refractivity contribution in [3.05, 3.63) is 78.2 Å². The molecule has 2 amide bonds. The molecule has 0 unspecified atom stereocenters. The molecule has 0 saturated heterocycles. The second-order valence-corrected chi connectivity index (χ2v) is 10.5. The van der Waals surface area contributed by atoms with Gasteiger partial charge in [-0.15, -0.1) is 5.10 Å². The fourth-order valence-electron chi connectivity index (χ4n) is 5.68. The van der Waals surface area contributed by atoms with E-state index in [1.54, 1.807) is 20.5 Å². The lowest BCUT2D eigenvalue weighted by atomic mass is 9.94. The quantitative estimate of drug-likeness (QED) is 0.333. The van der Waals surface area contributed by atoms with Gasteiger partial charge in [0.25, 0.3) is 0 Å². The summed E-state index contributed by atoms with van der Waals surface area (Å²) in [6, 6.07) is 16.3. The number of aromatic nitrogens is 6. The van der Waals surface area contributed by atoms with E-state index in [2.05, 4.69) is 25.7 Å². The van der Waals surface area contributed by atoms with Crippen LogP contribution >= 0.6 is 0 Å². The summed E-state index contributed by atoms with van der Waals surface area (Å²) in [5.41, 5.74) is 4.13. The van der Waals surface area contributed by atoms with Crippen LogP contribution in [0.4, 0.5) is 5.69 Å². The Labute approximate surface area is 232 Å². The smallest absolute Gasteiger partial charge is 0.249 e. The van der Waals surface area contributed by atoms with Gasteiger partial charge in [-0.2, -0.15) is 5.10 Å². The monoisotopic (exact) mass is 536 g/mol. The van der Waals surface area contributed by atoms with Crippen molar-refractivity contribution in [3.8, 4) is 0 Å². The third kappa shape index (κ3) is 5.04. The molecule has 10 nitrogen and oxygen atoms in total. The molecule has 40 heavy (non-hydrogen) atoms. The fourth-order valence-corrected chi connectivity index (χ4v) is 5.68. The number of para-hydroxylation sites is 2. The van der Waals surface area contributed by atoms with Gasteiger partial charge in [-0.25, -0.2) is 4.68 Å². The molecule has 3 heterocycles. The van der Waals surface area contributed by atoms with Crippen LogP contribution in [0.1, 0.15) is 49.4 Å². The number of nitrogens with one attached hydrogen (secondary N) is 1. The van der Waals surface area contributed by atoms with Crippen LogP contribution in [0.15, 0.2) is 67.0 Å². The molecule has 1 aliphatic rings. The van der Waals surface area contributed by atoms with E-state index in [0.717, 1.165) is 42.1 Å². The van der Waals surface area contributed by atoms with E-state index in [0.29, 0.717) is 22.5 Å². The molecule has 204 valence electrons. The molecule has 0 radical (unpaired) electrons. The second-order valence-electron chi connectivity index (χ2n) is 10.5. The molecule has 1 aliphatic carbocycles. The van der Waals surface area contributed by atoms with Gasteiger partial charge >= 0.3 is 0 Å². The van der Waals surface area contributed by atoms with Crippen LogP contribution in [-0.2, 0) is 23.2 Å². The first kappa shape index (κ1) is 25.7. The summed E-state index contributed by atoms with van der Waals surface area (Å²) in [5, 5.41) is 17.1. The Morgan fingerprint density at radius 1 is 1.05 bits per heavy atom. The maximum Gasteiger partial charge on any atom is 0.249 e. The van der Waals surface area contributed by atoms with Crippen LogP contribution in [0.2, 0.25) is 0 Å². The molecule has 3 aromatic heterocycles. The lowest BCUT2D eigenvalue weighted by molar-refractivity contribution is -0.127. The highest BCUT2D eigenvalue weighted by Crippen LogP contribution is 2.32. The summed E-state index contributed by atoms with van der Waals surface area (Å²) in [6.07, 6.45) is 8.68. The van der Waals surface area contributed by atoms with Crippen molar-refractivity contribution in [2.24, 2.45) is 7.05 Å². The van der Waals surface area contributed by atoms with Gasteiger partial charge in [-0.05, 0) is 44.0 Å². The van der Waals surface area contributed by atoms with Crippen molar-refractivity contribution in [1.82, 2.24) is 35.1 Å². The van der Waals surface area contributed by atoms with E-state index in [1.165, 1.54) is 6.42 Å². The summed E-state index contributed by atoms with van der Waals surface area (Å²) < 4.78 is 3.25. The number of nitrogens with zero attached hydrogens (tertiary/aromatic N) is 7. The molecule has 0 aliphatic heterocycles. The van der Waals surface area contributed by atoms with Crippen LogP contribution in [0.25, 0.3) is 21.9 Å². The van der Waals surface area contributed by atoms with Crippen molar-refractivity contribution in [3.63, 3.8) is 0 Å². The highest BCUT2D eigenvalue weighted by molar-refractivity contribution is 6.02. The number of anilines is 1. The van der Waals surface area contributed by atoms with Crippen LogP contribution in [0.5, 0.6) is 0 Å². The molecule has 2 aromatic carbocycles. The van der Waals surface area contributed by atoms with Gasteiger partial charge in [0.15, 0.2) is 0 Å². The number of pyridine rings is 1. The maximum atomic E-state index is 14.3. The summed E-state index contributed by atoms with van der Waals surface area (Å²) in [4.78, 5) is 34.7. The topological polar surface area (TPSA) is 111 Å². The lowest BCUT2D eigenvalue weighted by Gasteiger charge is -2.33. The number of carbonyl (C=O) groups is 2. The minimum atomic E-state index is -0.944. The zero-order chi connectivity index (χ0) is 27.6. The highest BCUT2D eigenvalue weighted by atomic mass is 16.2. The van der Waals surface area contributed by atoms with Crippen molar-refractivity contribution in [2.45, 2.75) is 57.7 Å². The van der Waals surface area contributed by atoms with Crippen molar-refractivity contribution in [1.29, 1.82) is 0 Å². The first-order valence-electron chi connectivity index (χ1n) is 13.7. The molecule has 6 rings (SSSR count). The van der Waals surface area contributed by atoms with Crippen LogP contribution in [0.3, 0.4) is 0 Å². The van der Waals surface area contributed by atoms with Crippen molar-refractivity contribution in [2.75, 3.05) is 4.90 Å². The molecule has 1 fully saturated rings. The third-order valence-corrected chi connectivity index (χ3v) is 7.63. The van der Waals surface area contributed by atoms with Crippen LogP contribution in [0, 0.1) is 6.92 Å². The lowest BCUT2D eigenvalue weighted by Crippen LogP contribution is -2.48. The Balaban J connectivity index is 1.46. The fraction of sp³-hybridized carbons (Fsp3) is 0.333. The van der Waals surface area contributed by atoms with E-state index in [-0.39, 0.29) is 24.4 Å². The summed E-state index contributed by atoms with van der Waals surface area (Å²) in [5.74, 6) is -0.535. The molecular weight excluding hydrogens is 504 g/mol. The average molecular weight is 537 g/mol. The SMILES string of the molecule is Cc1nn(C)cc1[C@H](C(=O)NC1CCCCC1)N(C(=O)Cn1nnc2ccccc21)c1cnc2ccccc2c1. The van der Waals surface area contributed by atoms with E-state index in [4.69, 9.17) is 0 Å². The first-order chi connectivity index (χ1) is 19.5. The van der Waals surface area contributed by atoms with Gasteiger partial charge in [0.1, 0.15) is 18.1 Å². The van der Waals surface area contributed by atoms with E-state index in [1.807, 2.05) is 74.8 Å². The Morgan fingerprint density at radius 2 is 1.80 bits per heavy atom. The number of rotatable bonds is 7. The molecule has 1 atom stereocenters. The van der Waals surface area contributed by atoms with Gasteiger partial charge in [0, 0.05) is 30.2 Å². The minimum Gasteiger partial charge on any atom is -0.351 e. The van der Waals surface area contributed by atoms with Gasteiger partial charge in [-0.1, -0.05) is 54.8 Å². The predicted octanol–water partition coefficient (Wildman–Crippen LogP) is 4.24. The van der Waals surface area contributed by atoms with Gasteiger partial charge in [0.05, 0.1) is 28.6 Å². The number of hydrogen-bond donors (Lipinski definition) is 1. The van der Waals surface area contributed by atoms with E-state index in [9.17, 15) is 9.59 Å². The first-order valence-corrected chi connectivity index (χ1v) is 13.7. The predicted molar refractivity (Wildman–Crippen MR) is 152 cm³/mol. The van der Waals surface area contributed by atoms with Crippen LogP contribution < -0.4 is 10.2 Å². The van der Waals surface area contributed by atoms with E-state index >= 15 is 0 Å². The van der Waals surface area contributed by atoms with Crippen molar-refractivity contribution < 1.29 is 9.59 Å². The summed E-state index contributed by atoms with van der Waals surface area (Å²) in [6.45, 7) is 1.77. The van der Waals surface area contributed by atoms with Crippen molar-refractivity contribution >= 4 is 39.4 Å². The average Bonchev–Trinajstić information content (AvgIpc) is 3.53. The van der Waals surface area contributed by atoms with E-state index < -0.39 is 6.04 Å². The molecule has 5 aromatic rings. The largest absolute Gasteiger partial charge is 0.351 e. The normalized spacial score (nSPS) is 14.8. The number of fused-ring (bicyclic) bond motifs is 2. The minimum absolute atomic E-state index is 0.0756. The van der Waals surface area contributed by atoms with Gasteiger partial charge in [-0.3, -0.25) is 24.2 Å². The van der Waals surface area contributed by atoms with Crippen LogP contribution in [-0.4, -0.2) is 47.6 Å². The summed E-state index contributed by atoms with van der Waals surface area (Å²) in [7, 11) is 1.82. The molecular formula is C30H32N8O2. The Bertz CT molecular complexity index is 1680. The summed E-state index contributed by atoms with van der Waals surface area (Å²) >= 11 is 0. The maximum absolute atomic E-state index is 14.3. The zero-order valence-corrected chi connectivity index (χ0v) is 22.7. The number of aryl methyl sites for hydroxylation is 2. The Kier molecular flexibility index (Phi) is 6.98. The molecule has 1 N–H and O–H groups in total. The molecule has 1 saturated carbocycles. The number of benzene rings is 2. The Morgan fingerprint density at radius 3 is 2.58 bits per heavy atom. The Hall–Kier alpha value is -4.60. The molecule has 10 heteroatoms. The van der Waals surface area contributed by atoms with Gasteiger partial charge in [0.2, 0.25) is 11.8 Å². The second kappa shape index (κ2) is 10.9. The molecule has 0 spiro atoms. The number of hydrogen-bond acceptors (Lipinski definition) is 6. The highest BCUT2D eigenvalue weighted by Gasteiger charge is 2.36. The van der Waals surface area contributed by atoms with Gasteiger partial charge < -0.3 is 5.32 Å². The third-order valence-electron chi connectivity index (χ3n) is 7.63.